The average molecular weight is 330 g/mol. The summed E-state index contributed by atoms with van der Waals surface area (Å²) in [7, 11) is 0. The molecule has 0 radical (unpaired) electrons. The third-order valence-corrected chi connectivity index (χ3v) is 5.74. The van der Waals surface area contributed by atoms with Crippen LogP contribution in [0.4, 0.5) is 0 Å². The van der Waals surface area contributed by atoms with Gasteiger partial charge in [0, 0.05) is 43.8 Å². The van der Waals surface area contributed by atoms with Gasteiger partial charge in [-0.2, -0.15) is 11.8 Å². The zero-order chi connectivity index (χ0) is 16.4. The number of nitrogens with zero attached hydrogens (tertiary/aromatic N) is 2. The molecule has 0 aromatic carbocycles. The van der Waals surface area contributed by atoms with Crippen LogP contribution in [-0.4, -0.2) is 59.8 Å². The highest BCUT2D eigenvalue weighted by atomic mass is 32.2. The molecule has 2 unspecified atom stereocenters. The van der Waals surface area contributed by atoms with Gasteiger partial charge in [-0.25, -0.2) is 0 Å². The summed E-state index contributed by atoms with van der Waals surface area (Å²) in [4.78, 5) is 7.30. The van der Waals surface area contributed by atoms with Crippen LogP contribution in [0.3, 0.4) is 0 Å². The second kappa shape index (κ2) is 11.2. The van der Waals surface area contributed by atoms with Crippen LogP contribution in [0, 0.1) is 11.8 Å². The van der Waals surface area contributed by atoms with Crippen LogP contribution < -0.4 is 5.32 Å². The maximum absolute atomic E-state index is 9.20. The SMILES string of the molecule is CCCC(CCO)CN=C(NCC)N1CCSC(C(C)C)C1. The van der Waals surface area contributed by atoms with Crippen molar-refractivity contribution in [1.82, 2.24) is 10.2 Å². The van der Waals surface area contributed by atoms with Gasteiger partial charge in [0.15, 0.2) is 5.96 Å². The Hall–Kier alpha value is -0.420. The number of rotatable bonds is 8. The summed E-state index contributed by atoms with van der Waals surface area (Å²) in [5.41, 5.74) is 0. The van der Waals surface area contributed by atoms with E-state index in [1.807, 2.05) is 0 Å². The normalized spacial score (nSPS) is 21.3. The van der Waals surface area contributed by atoms with E-state index in [1.165, 1.54) is 5.75 Å². The Bertz CT molecular complexity index is 317. The molecular formula is C17H35N3OS. The number of aliphatic hydroxyl groups is 1. The van der Waals surface area contributed by atoms with Gasteiger partial charge in [-0.1, -0.05) is 27.2 Å². The Morgan fingerprint density at radius 2 is 2.14 bits per heavy atom. The molecule has 1 rings (SSSR count). The first-order chi connectivity index (χ1) is 10.6. The van der Waals surface area contributed by atoms with Crippen molar-refractivity contribution in [2.45, 2.75) is 52.2 Å². The zero-order valence-electron chi connectivity index (χ0n) is 14.8. The summed E-state index contributed by atoms with van der Waals surface area (Å²) in [6, 6.07) is 0. The van der Waals surface area contributed by atoms with Crippen LogP contribution in [0.5, 0.6) is 0 Å². The molecule has 0 saturated carbocycles. The molecule has 0 aromatic rings. The quantitative estimate of drug-likeness (QED) is 0.531. The van der Waals surface area contributed by atoms with Gasteiger partial charge in [-0.05, 0) is 31.6 Å². The fourth-order valence-electron chi connectivity index (χ4n) is 2.83. The lowest BCUT2D eigenvalue weighted by Gasteiger charge is -2.36. The minimum absolute atomic E-state index is 0.270. The molecule has 0 spiro atoms. The van der Waals surface area contributed by atoms with Crippen LogP contribution in [0.25, 0.3) is 0 Å². The lowest BCUT2D eigenvalue weighted by molar-refractivity contribution is 0.253. The van der Waals surface area contributed by atoms with E-state index in [1.54, 1.807) is 0 Å². The van der Waals surface area contributed by atoms with Crippen molar-refractivity contribution < 1.29 is 5.11 Å². The fourth-order valence-corrected chi connectivity index (χ4v) is 4.13. The number of thioether (sulfide) groups is 1. The molecule has 1 heterocycles. The van der Waals surface area contributed by atoms with Gasteiger partial charge in [0.25, 0.3) is 0 Å². The van der Waals surface area contributed by atoms with Crippen molar-refractivity contribution in [2.75, 3.05) is 38.5 Å². The van der Waals surface area contributed by atoms with E-state index in [4.69, 9.17) is 4.99 Å². The predicted molar refractivity (Wildman–Crippen MR) is 98.7 cm³/mol. The second-order valence-electron chi connectivity index (χ2n) is 6.46. The molecule has 0 bridgehead atoms. The van der Waals surface area contributed by atoms with Crippen LogP contribution in [0.2, 0.25) is 0 Å². The molecule has 1 saturated heterocycles. The summed E-state index contributed by atoms with van der Waals surface area (Å²) in [6.07, 6.45) is 3.17. The van der Waals surface area contributed by atoms with E-state index in [0.717, 1.165) is 51.4 Å². The first-order valence-electron chi connectivity index (χ1n) is 8.88. The van der Waals surface area contributed by atoms with Crippen LogP contribution >= 0.6 is 11.8 Å². The smallest absolute Gasteiger partial charge is 0.193 e. The molecule has 1 fully saturated rings. The Balaban J connectivity index is 2.67. The number of hydrogen-bond donors (Lipinski definition) is 2. The van der Waals surface area contributed by atoms with E-state index in [-0.39, 0.29) is 6.61 Å². The number of aliphatic imine (C=N–C) groups is 1. The number of aliphatic hydroxyl groups excluding tert-OH is 1. The molecule has 0 aliphatic carbocycles. The van der Waals surface area contributed by atoms with Gasteiger partial charge in [0.2, 0.25) is 0 Å². The van der Waals surface area contributed by atoms with Crippen molar-refractivity contribution >= 4 is 17.7 Å². The van der Waals surface area contributed by atoms with E-state index in [0.29, 0.717) is 17.1 Å². The largest absolute Gasteiger partial charge is 0.396 e. The van der Waals surface area contributed by atoms with Gasteiger partial charge in [0.1, 0.15) is 0 Å². The van der Waals surface area contributed by atoms with Gasteiger partial charge in [-0.15, -0.1) is 0 Å². The minimum Gasteiger partial charge on any atom is -0.396 e. The van der Waals surface area contributed by atoms with E-state index in [9.17, 15) is 5.11 Å². The lowest BCUT2D eigenvalue weighted by atomic mass is 10.0. The van der Waals surface area contributed by atoms with Gasteiger partial charge in [0.05, 0.1) is 0 Å². The van der Waals surface area contributed by atoms with Gasteiger partial charge >= 0.3 is 0 Å². The van der Waals surface area contributed by atoms with Crippen molar-refractivity contribution in [3.8, 4) is 0 Å². The predicted octanol–water partition coefficient (Wildman–Crippen LogP) is 2.82. The summed E-state index contributed by atoms with van der Waals surface area (Å²) < 4.78 is 0. The van der Waals surface area contributed by atoms with Crippen LogP contribution in [0.15, 0.2) is 4.99 Å². The molecule has 2 N–H and O–H groups in total. The molecule has 130 valence electrons. The van der Waals surface area contributed by atoms with E-state index >= 15 is 0 Å². The maximum Gasteiger partial charge on any atom is 0.193 e. The van der Waals surface area contributed by atoms with Crippen LogP contribution in [-0.2, 0) is 0 Å². The third-order valence-electron chi connectivity index (χ3n) is 4.20. The highest BCUT2D eigenvalue weighted by Crippen LogP contribution is 2.25. The third kappa shape index (κ3) is 6.78. The van der Waals surface area contributed by atoms with Crippen molar-refractivity contribution in [3.63, 3.8) is 0 Å². The number of guanidine groups is 1. The van der Waals surface area contributed by atoms with Gasteiger partial charge < -0.3 is 15.3 Å². The highest BCUT2D eigenvalue weighted by molar-refractivity contribution is 8.00. The summed E-state index contributed by atoms with van der Waals surface area (Å²) >= 11 is 2.09. The standard InChI is InChI=1S/C17H35N3OS/c1-5-7-15(8-10-21)12-19-17(18-6-2)20-9-11-22-16(13-20)14(3)4/h14-16,21H,5-13H2,1-4H3,(H,18,19). The Kier molecular flexibility index (Phi) is 9.96. The molecule has 4 nitrogen and oxygen atoms in total. The maximum atomic E-state index is 9.20. The van der Waals surface area contributed by atoms with Crippen LogP contribution in [0.1, 0.15) is 47.0 Å². The highest BCUT2D eigenvalue weighted by Gasteiger charge is 2.25. The molecule has 0 aromatic heterocycles. The topological polar surface area (TPSA) is 47.9 Å². The fraction of sp³-hybridized carbons (Fsp3) is 0.941. The number of nitrogens with one attached hydrogen (secondary N) is 1. The first kappa shape index (κ1) is 19.6. The summed E-state index contributed by atoms with van der Waals surface area (Å²) in [5.74, 6) is 3.46. The summed E-state index contributed by atoms with van der Waals surface area (Å²) in [5, 5.41) is 13.4. The molecule has 5 heteroatoms. The minimum atomic E-state index is 0.270. The van der Waals surface area contributed by atoms with Crippen molar-refractivity contribution in [1.29, 1.82) is 0 Å². The van der Waals surface area contributed by atoms with Gasteiger partial charge in [-0.3, -0.25) is 4.99 Å². The summed E-state index contributed by atoms with van der Waals surface area (Å²) in [6.45, 7) is 13.1. The first-order valence-corrected chi connectivity index (χ1v) is 9.92. The molecule has 2 atom stereocenters. The monoisotopic (exact) mass is 329 g/mol. The van der Waals surface area contributed by atoms with Crippen molar-refractivity contribution in [2.24, 2.45) is 16.8 Å². The second-order valence-corrected chi connectivity index (χ2v) is 7.81. The molecular weight excluding hydrogens is 294 g/mol. The zero-order valence-corrected chi connectivity index (χ0v) is 15.7. The Morgan fingerprint density at radius 3 is 2.73 bits per heavy atom. The Labute approximate surface area is 141 Å². The molecule has 22 heavy (non-hydrogen) atoms. The average Bonchev–Trinajstić information content (AvgIpc) is 2.51. The van der Waals surface area contributed by atoms with E-state index < -0.39 is 0 Å². The van der Waals surface area contributed by atoms with E-state index in [2.05, 4.69) is 49.7 Å². The number of hydrogen-bond acceptors (Lipinski definition) is 3. The molecule has 0 amide bonds. The molecule has 1 aliphatic heterocycles. The van der Waals surface area contributed by atoms with Crippen molar-refractivity contribution in [3.05, 3.63) is 0 Å². The Morgan fingerprint density at radius 1 is 1.36 bits per heavy atom. The molecule has 1 aliphatic rings. The lowest BCUT2D eigenvalue weighted by Crippen LogP contribution is -2.49.